The molecule has 1 fully saturated rings. The Balaban J connectivity index is 1.68. The van der Waals surface area contributed by atoms with E-state index in [2.05, 4.69) is 57.4 Å². The van der Waals surface area contributed by atoms with Crippen LogP contribution in [0.25, 0.3) is 0 Å². The van der Waals surface area contributed by atoms with Gasteiger partial charge in [0.15, 0.2) is 0 Å². The number of nitrogens with zero attached hydrogens (tertiary/aromatic N) is 2. The van der Waals surface area contributed by atoms with E-state index >= 15 is 0 Å². The van der Waals surface area contributed by atoms with Crippen LogP contribution >= 0.6 is 15.9 Å². The van der Waals surface area contributed by atoms with Crippen LogP contribution in [-0.4, -0.2) is 28.6 Å². The van der Waals surface area contributed by atoms with Gasteiger partial charge in [0.05, 0.1) is 18.4 Å². The van der Waals surface area contributed by atoms with Gasteiger partial charge in [-0.2, -0.15) is 0 Å². The van der Waals surface area contributed by atoms with Gasteiger partial charge in [0.2, 0.25) is 5.91 Å². The van der Waals surface area contributed by atoms with Crippen molar-refractivity contribution in [3.05, 3.63) is 58.3 Å². The molecule has 1 N–H and O–H groups in total. The zero-order valence-electron chi connectivity index (χ0n) is 19.2. The standard InChI is InChI=1S/C25H32BrN3O3/c1-5-6-17-7-9-18(10-8-17)16-29(22-15-27-12-11-21(22)26)23(30)19-13-20(14-19)28-24(31)32-25(2,3)4/h7-12,15,19-20H,5-6,13-14,16H2,1-4H3,(H,28,31). The van der Waals surface area contributed by atoms with Gasteiger partial charge < -0.3 is 15.0 Å². The third kappa shape index (κ3) is 6.55. The first-order valence-electron chi connectivity index (χ1n) is 11.1. The number of pyridine rings is 1. The number of halogens is 1. The molecule has 2 aromatic rings. The Morgan fingerprint density at radius 2 is 1.81 bits per heavy atom. The molecular weight excluding hydrogens is 470 g/mol. The summed E-state index contributed by atoms with van der Waals surface area (Å²) in [5.74, 6) is -0.111. The number of aryl methyl sites for hydroxylation is 1. The number of nitrogens with one attached hydrogen (secondary N) is 1. The lowest BCUT2D eigenvalue weighted by Crippen LogP contribution is -2.51. The van der Waals surface area contributed by atoms with Crippen LogP contribution in [0.1, 0.15) is 58.1 Å². The third-order valence-electron chi connectivity index (χ3n) is 5.42. The summed E-state index contributed by atoms with van der Waals surface area (Å²) in [4.78, 5) is 31.5. The van der Waals surface area contributed by atoms with Gasteiger partial charge >= 0.3 is 6.09 Å². The second-order valence-corrected chi connectivity index (χ2v) is 10.2. The normalized spacial score (nSPS) is 17.9. The van der Waals surface area contributed by atoms with E-state index in [1.54, 1.807) is 17.3 Å². The van der Waals surface area contributed by atoms with Crippen molar-refractivity contribution < 1.29 is 14.3 Å². The first-order valence-corrected chi connectivity index (χ1v) is 11.9. The Morgan fingerprint density at radius 1 is 1.16 bits per heavy atom. The lowest BCUT2D eigenvalue weighted by Gasteiger charge is -2.38. The van der Waals surface area contributed by atoms with Crippen LogP contribution in [0, 0.1) is 5.92 Å². The maximum absolute atomic E-state index is 13.4. The molecular formula is C25H32BrN3O3. The number of aromatic nitrogens is 1. The van der Waals surface area contributed by atoms with Crippen molar-refractivity contribution in [3.63, 3.8) is 0 Å². The average Bonchev–Trinajstić information content (AvgIpc) is 2.69. The van der Waals surface area contributed by atoms with Crippen LogP contribution in [-0.2, 0) is 22.5 Å². The number of carbonyl (C=O) groups is 2. The molecule has 0 aliphatic heterocycles. The van der Waals surface area contributed by atoms with Crippen molar-refractivity contribution in [3.8, 4) is 0 Å². The number of alkyl carbamates (subject to hydrolysis) is 1. The van der Waals surface area contributed by atoms with Gasteiger partial charge in [-0.05, 0) is 73.2 Å². The van der Waals surface area contributed by atoms with Crippen molar-refractivity contribution in [2.75, 3.05) is 4.90 Å². The summed E-state index contributed by atoms with van der Waals surface area (Å²) in [5.41, 5.74) is 2.57. The van der Waals surface area contributed by atoms with Gasteiger partial charge in [-0.3, -0.25) is 9.78 Å². The Bertz CT molecular complexity index is 934. The van der Waals surface area contributed by atoms with Crippen LogP contribution in [0.4, 0.5) is 10.5 Å². The van der Waals surface area contributed by atoms with E-state index in [0.29, 0.717) is 19.4 Å². The number of anilines is 1. The van der Waals surface area contributed by atoms with E-state index in [4.69, 9.17) is 4.74 Å². The first kappa shape index (κ1) is 24.2. The quantitative estimate of drug-likeness (QED) is 0.533. The van der Waals surface area contributed by atoms with E-state index in [9.17, 15) is 9.59 Å². The molecule has 0 saturated heterocycles. The number of rotatable bonds is 7. The highest BCUT2D eigenvalue weighted by Crippen LogP contribution is 2.34. The smallest absolute Gasteiger partial charge is 0.407 e. The summed E-state index contributed by atoms with van der Waals surface area (Å²) in [7, 11) is 0. The summed E-state index contributed by atoms with van der Waals surface area (Å²) in [6.07, 6.45) is 6.32. The largest absolute Gasteiger partial charge is 0.444 e. The second-order valence-electron chi connectivity index (χ2n) is 9.33. The molecule has 32 heavy (non-hydrogen) atoms. The van der Waals surface area contributed by atoms with Crippen molar-refractivity contribution in [2.45, 2.75) is 71.6 Å². The van der Waals surface area contributed by atoms with E-state index in [1.165, 1.54) is 5.56 Å². The number of amides is 2. The predicted molar refractivity (Wildman–Crippen MR) is 129 cm³/mol. The van der Waals surface area contributed by atoms with Crippen LogP contribution in [0.5, 0.6) is 0 Å². The highest BCUT2D eigenvalue weighted by molar-refractivity contribution is 9.10. The van der Waals surface area contributed by atoms with Crippen LogP contribution in [0.15, 0.2) is 47.2 Å². The molecule has 0 bridgehead atoms. The topological polar surface area (TPSA) is 71.5 Å². The van der Waals surface area contributed by atoms with Crippen LogP contribution < -0.4 is 10.2 Å². The van der Waals surface area contributed by atoms with E-state index in [-0.39, 0.29) is 17.9 Å². The van der Waals surface area contributed by atoms with Crippen molar-refractivity contribution in [1.29, 1.82) is 0 Å². The number of benzene rings is 1. The second kappa shape index (κ2) is 10.5. The van der Waals surface area contributed by atoms with Gasteiger partial charge in [-0.1, -0.05) is 37.6 Å². The summed E-state index contributed by atoms with van der Waals surface area (Å²) in [6, 6.07) is 10.2. The fourth-order valence-corrected chi connectivity index (χ4v) is 4.20. The number of hydrogen-bond donors (Lipinski definition) is 1. The molecule has 1 heterocycles. The minimum Gasteiger partial charge on any atom is -0.444 e. The third-order valence-corrected chi connectivity index (χ3v) is 6.09. The summed E-state index contributed by atoms with van der Waals surface area (Å²) in [5, 5.41) is 2.86. The highest BCUT2D eigenvalue weighted by atomic mass is 79.9. The van der Waals surface area contributed by atoms with Gasteiger partial charge in [0, 0.05) is 22.6 Å². The molecule has 1 aliphatic carbocycles. The Kier molecular flexibility index (Phi) is 7.93. The fraction of sp³-hybridized carbons (Fsp3) is 0.480. The molecule has 6 nitrogen and oxygen atoms in total. The van der Waals surface area contributed by atoms with Crippen molar-refractivity contribution in [1.82, 2.24) is 10.3 Å². The average molecular weight is 502 g/mol. The molecule has 3 rings (SSSR count). The molecule has 0 spiro atoms. The van der Waals surface area contributed by atoms with Crippen molar-refractivity contribution in [2.24, 2.45) is 5.92 Å². The minimum absolute atomic E-state index is 0.0403. The Morgan fingerprint density at radius 3 is 2.41 bits per heavy atom. The predicted octanol–water partition coefficient (Wildman–Crippen LogP) is 5.63. The lowest BCUT2D eigenvalue weighted by atomic mass is 9.79. The number of hydrogen-bond acceptors (Lipinski definition) is 4. The number of carbonyl (C=O) groups excluding carboxylic acids is 2. The molecule has 7 heteroatoms. The zero-order chi connectivity index (χ0) is 23.3. The summed E-state index contributed by atoms with van der Waals surface area (Å²) in [6.45, 7) is 8.13. The Hall–Kier alpha value is -2.41. The van der Waals surface area contributed by atoms with Gasteiger partial charge in [-0.15, -0.1) is 0 Å². The fourth-order valence-electron chi connectivity index (χ4n) is 3.76. The molecule has 1 aromatic carbocycles. The molecule has 0 unspecified atom stereocenters. The Labute approximate surface area is 198 Å². The summed E-state index contributed by atoms with van der Waals surface area (Å²) < 4.78 is 6.14. The lowest BCUT2D eigenvalue weighted by molar-refractivity contribution is -0.125. The molecule has 1 aromatic heterocycles. The summed E-state index contributed by atoms with van der Waals surface area (Å²) >= 11 is 3.56. The van der Waals surface area contributed by atoms with Gasteiger partial charge in [0.25, 0.3) is 0 Å². The molecule has 0 radical (unpaired) electrons. The zero-order valence-corrected chi connectivity index (χ0v) is 20.8. The molecule has 172 valence electrons. The minimum atomic E-state index is -0.543. The molecule has 2 amide bonds. The van der Waals surface area contributed by atoms with Gasteiger partial charge in [0.1, 0.15) is 5.60 Å². The highest BCUT2D eigenvalue weighted by Gasteiger charge is 2.39. The maximum Gasteiger partial charge on any atom is 0.407 e. The number of ether oxygens (including phenoxy) is 1. The van der Waals surface area contributed by atoms with Crippen molar-refractivity contribution >= 4 is 33.6 Å². The van der Waals surface area contributed by atoms with E-state index in [0.717, 1.165) is 28.6 Å². The maximum atomic E-state index is 13.4. The van der Waals surface area contributed by atoms with E-state index in [1.807, 2.05) is 26.8 Å². The van der Waals surface area contributed by atoms with Crippen LogP contribution in [0.2, 0.25) is 0 Å². The molecule has 1 aliphatic rings. The van der Waals surface area contributed by atoms with Gasteiger partial charge in [-0.25, -0.2) is 4.79 Å². The SMILES string of the molecule is CCCc1ccc(CN(C(=O)C2CC(NC(=O)OC(C)(C)C)C2)c2cnccc2Br)cc1. The monoisotopic (exact) mass is 501 g/mol. The first-order chi connectivity index (χ1) is 15.2. The molecule has 0 atom stereocenters. The van der Waals surface area contributed by atoms with E-state index < -0.39 is 11.7 Å². The van der Waals surface area contributed by atoms with Crippen LogP contribution in [0.3, 0.4) is 0 Å². The molecule has 1 saturated carbocycles.